The zero-order valence-electron chi connectivity index (χ0n) is 21.2. The summed E-state index contributed by atoms with van der Waals surface area (Å²) in [5.74, 6) is 0.218. The molecule has 0 saturated carbocycles. The van der Waals surface area contributed by atoms with E-state index in [2.05, 4.69) is 25.5 Å². The number of carbonyl (C=O) groups excluding carboxylic acids is 1. The number of H-pyrrole nitrogens is 1. The van der Waals surface area contributed by atoms with Crippen LogP contribution in [0.4, 0.5) is 17.2 Å². The van der Waals surface area contributed by atoms with Crippen LogP contribution < -0.4 is 21.1 Å². The first-order valence-corrected chi connectivity index (χ1v) is 12.3. The van der Waals surface area contributed by atoms with E-state index in [0.717, 1.165) is 43.1 Å². The molecule has 190 valence electrons. The molecular formula is C28H30N6O3. The summed E-state index contributed by atoms with van der Waals surface area (Å²) < 4.78 is 5.44. The van der Waals surface area contributed by atoms with Gasteiger partial charge in [-0.2, -0.15) is 0 Å². The van der Waals surface area contributed by atoms with Crippen LogP contribution in [-0.2, 0) is 4.74 Å². The molecule has 0 unspecified atom stereocenters. The van der Waals surface area contributed by atoms with Crippen molar-refractivity contribution in [3.05, 3.63) is 77.0 Å². The molecule has 9 nitrogen and oxygen atoms in total. The van der Waals surface area contributed by atoms with Crippen molar-refractivity contribution in [1.82, 2.24) is 20.3 Å². The Balaban J connectivity index is 1.50. The molecule has 0 radical (unpaired) electrons. The van der Waals surface area contributed by atoms with Gasteiger partial charge in [-0.15, -0.1) is 0 Å². The van der Waals surface area contributed by atoms with E-state index in [1.807, 2.05) is 57.2 Å². The lowest BCUT2D eigenvalue weighted by Crippen LogP contribution is -2.40. The summed E-state index contributed by atoms with van der Waals surface area (Å²) >= 11 is 0. The fourth-order valence-electron chi connectivity index (χ4n) is 4.28. The first-order valence-electron chi connectivity index (χ1n) is 12.3. The molecule has 1 fully saturated rings. The Morgan fingerprint density at radius 2 is 1.81 bits per heavy atom. The van der Waals surface area contributed by atoms with Gasteiger partial charge in [0.1, 0.15) is 5.82 Å². The van der Waals surface area contributed by atoms with Gasteiger partial charge in [0.05, 0.1) is 29.9 Å². The molecule has 1 saturated heterocycles. The number of nitrogens with one attached hydrogen (secondary N) is 3. The highest BCUT2D eigenvalue weighted by Gasteiger charge is 2.18. The molecule has 0 bridgehead atoms. The lowest BCUT2D eigenvalue weighted by atomic mass is 10.1. The van der Waals surface area contributed by atoms with E-state index in [1.165, 1.54) is 6.20 Å². The molecule has 3 aromatic heterocycles. The normalized spacial score (nSPS) is 14.0. The number of nitrogens with zero attached hydrogens (tertiary/aromatic N) is 3. The van der Waals surface area contributed by atoms with Crippen LogP contribution >= 0.6 is 0 Å². The van der Waals surface area contributed by atoms with E-state index in [0.29, 0.717) is 28.0 Å². The standard InChI is InChI=1S/C28H30N6O3/c1-28(2,3)33-26(35)20-14-19(16-29-17-20)23-15-18-8-9-30-27(36)24(18)25(32-23)31-21-4-6-22(7-5-21)34-10-12-37-13-11-34/h4-9,14-17H,10-13H2,1-3H3,(H,30,36)(H,31,32)(H,33,35). The van der Waals surface area contributed by atoms with Crippen molar-refractivity contribution in [1.29, 1.82) is 0 Å². The Labute approximate surface area is 214 Å². The van der Waals surface area contributed by atoms with Crippen LogP contribution in [0.2, 0.25) is 0 Å². The number of hydrogen-bond acceptors (Lipinski definition) is 7. The van der Waals surface area contributed by atoms with Crippen molar-refractivity contribution < 1.29 is 9.53 Å². The summed E-state index contributed by atoms with van der Waals surface area (Å²) in [6, 6.07) is 13.5. The lowest BCUT2D eigenvalue weighted by molar-refractivity contribution is 0.0919. The van der Waals surface area contributed by atoms with Crippen molar-refractivity contribution in [3.8, 4) is 11.3 Å². The van der Waals surface area contributed by atoms with E-state index >= 15 is 0 Å². The van der Waals surface area contributed by atoms with E-state index in [-0.39, 0.29) is 17.0 Å². The monoisotopic (exact) mass is 498 g/mol. The second-order valence-electron chi connectivity index (χ2n) is 10.1. The van der Waals surface area contributed by atoms with Crippen LogP contribution in [0.5, 0.6) is 0 Å². The largest absolute Gasteiger partial charge is 0.378 e. The van der Waals surface area contributed by atoms with Gasteiger partial charge < -0.3 is 25.3 Å². The summed E-state index contributed by atoms with van der Waals surface area (Å²) in [7, 11) is 0. The fourth-order valence-corrected chi connectivity index (χ4v) is 4.28. The molecular weight excluding hydrogens is 468 g/mol. The van der Waals surface area contributed by atoms with Crippen molar-refractivity contribution in [3.63, 3.8) is 0 Å². The highest BCUT2D eigenvalue weighted by atomic mass is 16.5. The van der Waals surface area contributed by atoms with Gasteiger partial charge in [-0.05, 0) is 68.6 Å². The fraction of sp³-hybridized carbons (Fsp3) is 0.286. The van der Waals surface area contributed by atoms with E-state index < -0.39 is 0 Å². The van der Waals surface area contributed by atoms with E-state index in [1.54, 1.807) is 18.5 Å². The first kappa shape index (κ1) is 24.5. The van der Waals surface area contributed by atoms with Crippen molar-refractivity contribution in [2.45, 2.75) is 26.3 Å². The van der Waals surface area contributed by atoms with Gasteiger partial charge >= 0.3 is 0 Å². The summed E-state index contributed by atoms with van der Waals surface area (Å²) in [6.45, 7) is 8.94. The van der Waals surface area contributed by atoms with Crippen LogP contribution in [0.15, 0.2) is 65.8 Å². The minimum atomic E-state index is -0.371. The number of pyridine rings is 3. The number of carbonyl (C=O) groups is 1. The molecule has 0 atom stereocenters. The average molecular weight is 499 g/mol. The number of fused-ring (bicyclic) bond motifs is 1. The SMILES string of the molecule is CC(C)(C)NC(=O)c1cncc(-c2cc3cc[nH]c(=O)c3c(Nc3ccc(N4CCOCC4)cc3)n2)c1. The summed E-state index contributed by atoms with van der Waals surface area (Å²) in [5, 5.41) is 7.46. The maximum atomic E-state index is 12.8. The lowest BCUT2D eigenvalue weighted by Gasteiger charge is -2.28. The quantitative estimate of drug-likeness (QED) is 0.380. The number of hydrogen-bond donors (Lipinski definition) is 3. The molecule has 4 heterocycles. The van der Waals surface area contributed by atoms with Gasteiger partial charge in [0.15, 0.2) is 0 Å². The highest BCUT2D eigenvalue weighted by Crippen LogP contribution is 2.29. The molecule has 1 amide bonds. The van der Waals surface area contributed by atoms with Crippen LogP contribution in [0.3, 0.4) is 0 Å². The number of morpholine rings is 1. The third kappa shape index (κ3) is 5.62. The molecule has 5 rings (SSSR count). The number of aromatic nitrogens is 3. The maximum Gasteiger partial charge on any atom is 0.259 e. The maximum absolute atomic E-state index is 12.8. The zero-order valence-corrected chi connectivity index (χ0v) is 21.2. The van der Waals surface area contributed by atoms with Crippen LogP contribution in [0, 0.1) is 0 Å². The average Bonchev–Trinajstić information content (AvgIpc) is 2.89. The van der Waals surface area contributed by atoms with Crippen molar-refractivity contribution in [2.24, 2.45) is 0 Å². The third-order valence-corrected chi connectivity index (χ3v) is 6.05. The Bertz CT molecular complexity index is 1480. The molecule has 1 aliphatic rings. The van der Waals surface area contributed by atoms with Gasteiger partial charge in [0, 0.05) is 54.2 Å². The molecule has 37 heavy (non-hydrogen) atoms. The van der Waals surface area contributed by atoms with Crippen molar-refractivity contribution in [2.75, 3.05) is 36.5 Å². The Morgan fingerprint density at radius 1 is 1.05 bits per heavy atom. The van der Waals surface area contributed by atoms with Gasteiger partial charge in [0.25, 0.3) is 11.5 Å². The van der Waals surface area contributed by atoms with Gasteiger partial charge in [-0.25, -0.2) is 4.98 Å². The van der Waals surface area contributed by atoms with Crippen LogP contribution in [0.25, 0.3) is 22.0 Å². The number of ether oxygens (including phenoxy) is 1. The highest BCUT2D eigenvalue weighted by molar-refractivity contribution is 5.97. The number of benzene rings is 1. The van der Waals surface area contributed by atoms with E-state index in [4.69, 9.17) is 9.72 Å². The second kappa shape index (κ2) is 10.0. The minimum absolute atomic E-state index is 0.210. The van der Waals surface area contributed by atoms with Gasteiger partial charge in [-0.1, -0.05) is 0 Å². The number of rotatable bonds is 5. The predicted molar refractivity (Wildman–Crippen MR) is 146 cm³/mol. The van der Waals surface area contributed by atoms with Gasteiger partial charge in [0.2, 0.25) is 0 Å². The van der Waals surface area contributed by atoms with Crippen LogP contribution in [-0.4, -0.2) is 52.7 Å². The number of aromatic amines is 1. The molecule has 1 aliphatic heterocycles. The summed E-state index contributed by atoms with van der Waals surface area (Å²) in [4.78, 5) is 39.5. The van der Waals surface area contributed by atoms with Crippen molar-refractivity contribution >= 4 is 33.9 Å². The molecule has 0 aliphatic carbocycles. The first-order chi connectivity index (χ1) is 17.8. The molecule has 3 N–H and O–H groups in total. The molecule has 1 aromatic carbocycles. The zero-order chi connectivity index (χ0) is 26.0. The Kier molecular flexibility index (Phi) is 6.62. The van der Waals surface area contributed by atoms with Crippen LogP contribution in [0.1, 0.15) is 31.1 Å². The number of amides is 1. The minimum Gasteiger partial charge on any atom is -0.378 e. The molecule has 0 spiro atoms. The second-order valence-corrected chi connectivity index (χ2v) is 10.1. The smallest absolute Gasteiger partial charge is 0.259 e. The topological polar surface area (TPSA) is 112 Å². The Morgan fingerprint density at radius 3 is 2.54 bits per heavy atom. The van der Waals surface area contributed by atoms with Gasteiger partial charge in [-0.3, -0.25) is 14.6 Å². The predicted octanol–water partition coefficient (Wildman–Crippen LogP) is 4.09. The van der Waals surface area contributed by atoms with E-state index in [9.17, 15) is 9.59 Å². The molecule has 9 heteroatoms. The third-order valence-electron chi connectivity index (χ3n) is 6.05. The number of anilines is 3. The Hall–Kier alpha value is -4.24. The summed E-state index contributed by atoms with van der Waals surface area (Å²) in [6.07, 6.45) is 4.81. The molecule has 4 aromatic rings. The summed E-state index contributed by atoms with van der Waals surface area (Å²) in [5.41, 5.74) is 3.04.